The van der Waals surface area contributed by atoms with Crippen LogP contribution in [0.5, 0.6) is 0 Å². The standard InChI is InChI=1S/C16H29NSi/c1-7-12-17(14(2)3)13-15-8-10-16(11-9-15)18(4,5)6/h8-11,14H,7,12-13H2,1-6H3. The third-order valence-corrected chi connectivity index (χ3v) is 5.51. The van der Waals surface area contributed by atoms with Gasteiger partial charge >= 0.3 is 0 Å². The summed E-state index contributed by atoms with van der Waals surface area (Å²) in [6, 6.07) is 9.94. The Hall–Kier alpha value is -0.603. The van der Waals surface area contributed by atoms with E-state index in [1.807, 2.05) is 0 Å². The van der Waals surface area contributed by atoms with Crippen molar-refractivity contribution < 1.29 is 0 Å². The first-order valence-electron chi connectivity index (χ1n) is 7.18. The molecular formula is C16H29NSi. The van der Waals surface area contributed by atoms with Gasteiger partial charge in [-0.25, -0.2) is 0 Å². The van der Waals surface area contributed by atoms with E-state index < -0.39 is 8.07 Å². The van der Waals surface area contributed by atoms with Crippen molar-refractivity contribution in [3.63, 3.8) is 0 Å². The van der Waals surface area contributed by atoms with Gasteiger partial charge in [0, 0.05) is 12.6 Å². The highest BCUT2D eigenvalue weighted by Gasteiger charge is 2.16. The number of hydrogen-bond acceptors (Lipinski definition) is 1. The van der Waals surface area contributed by atoms with Gasteiger partial charge in [0.1, 0.15) is 0 Å². The minimum atomic E-state index is -1.15. The van der Waals surface area contributed by atoms with Gasteiger partial charge in [0.15, 0.2) is 0 Å². The van der Waals surface area contributed by atoms with E-state index in [1.165, 1.54) is 18.5 Å². The van der Waals surface area contributed by atoms with E-state index in [2.05, 4.69) is 69.6 Å². The second-order valence-corrected chi connectivity index (χ2v) is 11.6. The Kier molecular flexibility index (Phi) is 5.61. The first-order valence-corrected chi connectivity index (χ1v) is 10.7. The minimum Gasteiger partial charge on any atom is -0.297 e. The zero-order valence-electron chi connectivity index (χ0n) is 13.0. The van der Waals surface area contributed by atoms with Crippen LogP contribution in [-0.4, -0.2) is 25.6 Å². The summed E-state index contributed by atoms with van der Waals surface area (Å²) in [7, 11) is -1.15. The van der Waals surface area contributed by atoms with Gasteiger partial charge in [-0.05, 0) is 32.4 Å². The summed E-state index contributed by atoms with van der Waals surface area (Å²) in [5, 5.41) is 1.55. The van der Waals surface area contributed by atoms with Crippen LogP contribution in [0.15, 0.2) is 24.3 Å². The van der Waals surface area contributed by atoms with Crippen LogP contribution in [0.25, 0.3) is 0 Å². The minimum absolute atomic E-state index is 0.626. The number of hydrogen-bond donors (Lipinski definition) is 0. The van der Waals surface area contributed by atoms with Gasteiger partial charge in [-0.3, -0.25) is 4.90 Å². The fourth-order valence-electron chi connectivity index (χ4n) is 2.15. The molecule has 102 valence electrons. The molecule has 0 aliphatic carbocycles. The van der Waals surface area contributed by atoms with Crippen LogP contribution in [0.2, 0.25) is 19.6 Å². The van der Waals surface area contributed by atoms with Crippen molar-refractivity contribution in [2.75, 3.05) is 6.54 Å². The molecule has 1 aromatic carbocycles. The van der Waals surface area contributed by atoms with Crippen molar-refractivity contribution >= 4 is 13.3 Å². The normalized spacial score (nSPS) is 12.4. The lowest BCUT2D eigenvalue weighted by Crippen LogP contribution is -2.37. The SMILES string of the molecule is CCCN(Cc1ccc([Si](C)(C)C)cc1)C(C)C. The van der Waals surface area contributed by atoms with Gasteiger partial charge in [0.2, 0.25) is 0 Å². The van der Waals surface area contributed by atoms with E-state index >= 15 is 0 Å². The van der Waals surface area contributed by atoms with E-state index in [0.717, 1.165) is 6.54 Å². The summed E-state index contributed by atoms with van der Waals surface area (Å²) in [6.07, 6.45) is 1.23. The van der Waals surface area contributed by atoms with Crippen molar-refractivity contribution in [3.05, 3.63) is 29.8 Å². The van der Waals surface area contributed by atoms with Crippen molar-refractivity contribution in [1.29, 1.82) is 0 Å². The molecule has 0 aliphatic rings. The first-order chi connectivity index (χ1) is 8.34. The van der Waals surface area contributed by atoms with Gasteiger partial charge in [0.25, 0.3) is 0 Å². The Labute approximate surface area is 114 Å². The molecule has 0 N–H and O–H groups in total. The molecule has 1 aromatic rings. The van der Waals surface area contributed by atoms with Crippen LogP contribution >= 0.6 is 0 Å². The van der Waals surface area contributed by atoms with Crippen molar-refractivity contribution in [1.82, 2.24) is 4.90 Å². The molecule has 0 unspecified atom stereocenters. The van der Waals surface area contributed by atoms with Crippen LogP contribution in [0.4, 0.5) is 0 Å². The highest BCUT2D eigenvalue weighted by atomic mass is 28.3. The summed E-state index contributed by atoms with van der Waals surface area (Å²) < 4.78 is 0. The highest BCUT2D eigenvalue weighted by Crippen LogP contribution is 2.10. The van der Waals surface area contributed by atoms with Crippen molar-refractivity contribution in [2.45, 2.75) is 59.4 Å². The van der Waals surface area contributed by atoms with Gasteiger partial charge in [-0.2, -0.15) is 0 Å². The molecule has 0 saturated carbocycles. The summed E-state index contributed by atoms with van der Waals surface area (Å²) in [4.78, 5) is 2.55. The number of nitrogens with zero attached hydrogens (tertiary/aromatic N) is 1. The monoisotopic (exact) mass is 263 g/mol. The topological polar surface area (TPSA) is 3.24 Å². The molecule has 18 heavy (non-hydrogen) atoms. The molecule has 0 atom stereocenters. The molecule has 0 fully saturated rings. The van der Waals surface area contributed by atoms with E-state index in [0.29, 0.717) is 6.04 Å². The van der Waals surface area contributed by atoms with E-state index in [-0.39, 0.29) is 0 Å². The van der Waals surface area contributed by atoms with Gasteiger partial charge in [-0.1, -0.05) is 56.0 Å². The maximum Gasteiger partial charge on any atom is 0.0775 e. The van der Waals surface area contributed by atoms with Crippen LogP contribution < -0.4 is 5.19 Å². The maximum atomic E-state index is 2.55. The Bertz CT molecular complexity index is 348. The van der Waals surface area contributed by atoms with Gasteiger partial charge in [-0.15, -0.1) is 0 Å². The lowest BCUT2D eigenvalue weighted by molar-refractivity contribution is 0.213. The predicted octanol–water partition coefficient (Wildman–Crippen LogP) is 3.85. The zero-order chi connectivity index (χ0) is 13.8. The number of rotatable bonds is 6. The molecular weight excluding hydrogens is 234 g/mol. The van der Waals surface area contributed by atoms with Crippen LogP contribution in [0, 0.1) is 0 Å². The second kappa shape index (κ2) is 6.53. The lowest BCUT2D eigenvalue weighted by atomic mass is 10.2. The average molecular weight is 264 g/mol. The van der Waals surface area contributed by atoms with Crippen molar-refractivity contribution in [3.8, 4) is 0 Å². The van der Waals surface area contributed by atoms with E-state index in [4.69, 9.17) is 0 Å². The Morgan fingerprint density at radius 3 is 2.00 bits per heavy atom. The second-order valence-electron chi connectivity index (χ2n) is 6.51. The molecule has 0 saturated heterocycles. The van der Waals surface area contributed by atoms with Crippen molar-refractivity contribution in [2.24, 2.45) is 0 Å². The molecule has 0 radical (unpaired) electrons. The summed E-state index contributed by atoms with van der Waals surface area (Å²) in [5.41, 5.74) is 1.44. The molecule has 2 heteroatoms. The Morgan fingerprint density at radius 2 is 1.61 bits per heavy atom. The fraction of sp³-hybridized carbons (Fsp3) is 0.625. The summed E-state index contributed by atoms with van der Waals surface area (Å²) in [5.74, 6) is 0. The Morgan fingerprint density at radius 1 is 1.06 bits per heavy atom. The molecule has 1 rings (SSSR count). The third kappa shape index (κ3) is 4.58. The van der Waals surface area contributed by atoms with E-state index in [1.54, 1.807) is 5.19 Å². The van der Waals surface area contributed by atoms with Crippen LogP contribution in [0.3, 0.4) is 0 Å². The van der Waals surface area contributed by atoms with Gasteiger partial charge < -0.3 is 0 Å². The predicted molar refractivity (Wildman–Crippen MR) is 85.3 cm³/mol. The molecule has 1 nitrogen and oxygen atoms in total. The molecule has 0 bridgehead atoms. The molecule has 0 spiro atoms. The van der Waals surface area contributed by atoms with Crippen LogP contribution in [-0.2, 0) is 6.54 Å². The largest absolute Gasteiger partial charge is 0.297 e. The lowest BCUT2D eigenvalue weighted by Gasteiger charge is -2.26. The van der Waals surface area contributed by atoms with Gasteiger partial charge in [0.05, 0.1) is 8.07 Å². The highest BCUT2D eigenvalue weighted by molar-refractivity contribution is 6.88. The fourth-order valence-corrected chi connectivity index (χ4v) is 3.32. The molecule has 0 aromatic heterocycles. The molecule has 0 aliphatic heterocycles. The third-order valence-electron chi connectivity index (χ3n) is 3.45. The Balaban J connectivity index is 2.73. The van der Waals surface area contributed by atoms with E-state index in [9.17, 15) is 0 Å². The quantitative estimate of drug-likeness (QED) is 0.705. The number of benzene rings is 1. The maximum absolute atomic E-state index is 2.55. The zero-order valence-corrected chi connectivity index (χ0v) is 14.0. The average Bonchev–Trinajstić information content (AvgIpc) is 2.28. The molecule has 0 heterocycles. The summed E-state index contributed by atoms with van der Waals surface area (Å²) in [6.45, 7) is 16.3. The smallest absolute Gasteiger partial charge is 0.0775 e. The molecule has 0 amide bonds. The first kappa shape index (κ1) is 15.5. The summed E-state index contributed by atoms with van der Waals surface area (Å²) >= 11 is 0. The van der Waals surface area contributed by atoms with Crippen LogP contribution in [0.1, 0.15) is 32.8 Å².